The van der Waals surface area contributed by atoms with Gasteiger partial charge in [-0.3, -0.25) is 0 Å². The first-order chi connectivity index (χ1) is 6.95. The van der Waals surface area contributed by atoms with E-state index in [4.69, 9.17) is 69.6 Å². The van der Waals surface area contributed by atoms with Crippen LogP contribution in [0.25, 0.3) is 0 Å². The van der Waals surface area contributed by atoms with Gasteiger partial charge in [0.05, 0.1) is 31.6 Å². The van der Waals surface area contributed by atoms with E-state index in [-0.39, 0.29) is 15.5 Å². The zero-order valence-corrected chi connectivity index (χ0v) is 12.9. The van der Waals surface area contributed by atoms with Crippen LogP contribution in [0, 0.1) is 0 Å². The van der Waals surface area contributed by atoms with E-state index in [1.54, 1.807) is 0 Å². The summed E-state index contributed by atoms with van der Waals surface area (Å²) >= 11 is 38.2. The molecular weight excluding hydrogens is 341 g/mol. The van der Waals surface area contributed by atoms with E-state index >= 15 is 0 Å². The van der Waals surface area contributed by atoms with Crippen LogP contribution in [-0.2, 0) is 0 Å². The molecule has 1 saturated heterocycles. The maximum atomic E-state index is 6.12. The fraction of sp³-hybridized carbons (Fsp3) is 1.00. The molecule has 1 rings (SSSR count). The van der Waals surface area contributed by atoms with Crippen LogP contribution < -0.4 is 0 Å². The molecule has 0 amide bonds. The molecule has 0 nitrogen and oxygen atoms in total. The van der Waals surface area contributed by atoms with Gasteiger partial charge in [-0.05, 0) is 12.2 Å². The molecule has 0 bridgehead atoms. The van der Waals surface area contributed by atoms with Crippen LogP contribution >= 0.6 is 81.4 Å². The highest BCUT2D eigenvalue weighted by molar-refractivity contribution is 8.01. The van der Waals surface area contributed by atoms with Gasteiger partial charge >= 0.3 is 0 Å². The Morgan fingerprint density at radius 1 is 0.733 bits per heavy atom. The molecule has 0 radical (unpaired) electrons. The standard InChI is InChI=1S/C8H10Cl6S/c9-3-1-2-15-8(14)7(13)6(12)5(11)4(3)10/h3-8H,1-2H2. The molecule has 0 aromatic carbocycles. The Labute approximate surface area is 124 Å². The largest absolute Gasteiger partial charge is 0.141 e. The van der Waals surface area contributed by atoms with Gasteiger partial charge in [0.15, 0.2) is 0 Å². The van der Waals surface area contributed by atoms with Crippen molar-refractivity contribution in [3.05, 3.63) is 0 Å². The summed E-state index contributed by atoms with van der Waals surface area (Å²) in [6.45, 7) is 0. The van der Waals surface area contributed by atoms with Crippen LogP contribution in [0.5, 0.6) is 0 Å². The highest BCUT2D eigenvalue weighted by Gasteiger charge is 2.38. The van der Waals surface area contributed by atoms with Crippen molar-refractivity contribution >= 4 is 81.4 Å². The van der Waals surface area contributed by atoms with Crippen molar-refractivity contribution in [1.82, 2.24) is 0 Å². The lowest BCUT2D eigenvalue weighted by Gasteiger charge is -2.26. The molecule has 7 heteroatoms. The van der Waals surface area contributed by atoms with Gasteiger partial charge < -0.3 is 0 Å². The van der Waals surface area contributed by atoms with Crippen molar-refractivity contribution in [1.29, 1.82) is 0 Å². The molecule has 1 aliphatic rings. The quantitative estimate of drug-likeness (QED) is 0.569. The van der Waals surface area contributed by atoms with E-state index in [0.717, 1.165) is 12.2 Å². The maximum Gasteiger partial charge on any atom is 0.0966 e. The monoisotopic (exact) mass is 348 g/mol. The average Bonchev–Trinajstić information content (AvgIpc) is 2.25. The van der Waals surface area contributed by atoms with E-state index in [1.165, 1.54) is 11.8 Å². The minimum atomic E-state index is -0.481. The molecule has 0 aromatic heterocycles. The van der Waals surface area contributed by atoms with Crippen molar-refractivity contribution in [3.8, 4) is 0 Å². The van der Waals surface area contributed by atoms with E-state index in [0.29, 0.717) is 0 Å². The maximum absolute atomic E-state index is 6.12. The summed E-state index contributed by atoms with van der Waals surface area (Å²) < 4.78 is -0.263. The van der Waals surface area contributed by atoms with Crippen molar-refractivity contribution in [2.75, 3.05) is 5.75 Å². The minimum Gasteiger partial charge on any atom is -0.141 e. The lowest BCUT2D eigenvalue weighted by Crippen LogP contribution is -2.38. The molecule has 6 unspecified atom stereocenters. The summed E-state index contributed by atoms with van der Waals surface area (Å²) in [5.74, 6) is 0.808. The molecular formula is C8H10Cl6S. The number of rotatable bonds is 0. The number of halogens is 6. The summed E-state index contributed by atoms with van der Waals surface area (Å²) in [4.78, 5) is 0. The lowest BCUT2D eigenvalue weighted by molar-refractivity contribution is 0.662. The van der Waals surface area contributed by atoms with Gasteiger partial charge in [-0.25, -0.2) is 0 Å². The van der Waals surface area contributed by atoms with Gasteiger partial charge in [0, 0.05) is 0 Å². The summed E-state index contributed by atoms with van der Waals surface area (Å²) in [5, 5.41) is -1.96. The number of thioether (sulfide) groups is 1. The molecule has 0 spiro atoms. The summed E-state index contributed by atoms with van der Waals surface area (Å²) in [6, 6.07) is 0. The zero-order valence-electron chi connectivity index (χ0n) is 7.55. The molecule has 1 aliphatic heterocycles. The Morgan fingerprint density at radius 2 is 1.27 bits per heavy atom. The van der Waals surface area contributed by atoms with Crippen molar-refractivity contribution < 1.29 is 0 Å². The van der Waals surface area contributed by atoms with Gasteiger partial charge in [0.2, 0.25) is 0 Å². The van der Waals surface area contributed by atoms with Crippen LogP contribution in [0.1, 0.15) is 6.42 Å². The highest BCUT2D eigenvalue weighted by Crippen LogP contribution is 2.37. The number of hydrogen-bond donors (Lipinski definition) is 0. The summed E-state index contributed by atoms with van der Waals surface area (Å²) in [7, 11) is 0. The van der Waals surface area contributed by atoms with Gasteiger partial charge in [-0.15, -0.1) is 81.4 Å². The van der Waals surface area contributed by atoms with Crippen molar-refractivity contribution in [2.24, 2.45) is 0 Å². The Hall–Kier alpha value is 2.09. The average molecular weight is 351 g/mol. The van der Waals surface area contributed by atoms with E-state index in [9.17, 15) is 0 Å². The Morgan fingerprint density at radius 3 is 1.87 bits per heavy atom. The Balaban J connectivity index is 2.77. The molecule has 0 aromatic rings. The smallest absolute Gasteiger partial charge is 0.0966 e. The highest BCUT2D eigenvalue weighted by atomic mass is 35.5. The van der Waals surface area contributed by atoms with E-state index in [2.05, 4.69) is 0 Å². The molecule has 0 N–H and O–H groups in total. The van der Waals surface area contributed by atoms with Crippen molar-refractivity contribution in [2.45, 2.75) is 38.0 Å². The molecule has 15 heavy (non-hydrogen) atoms. The number of hydrogen-bond acceptors (Lipinski definition) is 1. The molecule has 0 saturated carbocycles. The summed E-state index contributed by atoms with van der Waals surface area (Å²) in [5.41, 5.74) is 0. The predicted octanol–water partition coefficient (Wildman–Crippen LogP) is 4.73. The van der Waals surface area contributed by atoms with Gasteiger partial charge in [0.1, 0.15) is 0 Å². The molecule has 1 heterocycles. The van der Waals surface area contributed by atoms with Crippen LogP contribution in [0.2, 0.25) is 0 Å². The van der Waals surface area contributed by atoms with Crippen LogP contribution in [0.4, 0.5) is 0 Å². The topological polar surface area (TPSA) is 0 Å². The first-order valence-corrected chi connectivity index (χ1v) is 8.08. The summed E-state index contributed by atoms with van der Waals surface area (Å²) in [6.07, 6.45) is 0.750. The second-order valence-electron chi connectivity index (χ2n) is 3.30. The van der Waals surface area contributed by atoms with Gasteiger partial charge in [-0.2, -0.15) is 0 Å². The third-order valence-electron chi connectivity index (χ3n) is 2.18. The Kier molecular flexibility index (Phi) is 6.94. The molecule has 6 atom stereocenters. The fourth-order valence-corrected chi connectivity index (χ4v) is 4.70. The second-order valence-corrected chi connectivity index (χ2v) is 7.86. The first kappa shape index (κ1) is 15.1. The Bertz CT molecular complexity index is 184. The first-order valence-electron chi connectivity index (χ1n) is 4.41. The predicted molar refractivity (Wildman–Crippen MR) is 74.9 cm³/mol. The van der Waals surface area contributed by atoms with E-state index < -0.39 is 16.1 Å². The lowest BCUT2D eigenvalue weighted by atomic mass is 10.1. The van der Waals surface area contributed by atoms with Gasteiger partial charge in [0.25, 0.3) is 0 Å². The van der Waals surface area contributed by atoms with E-state index in [1.807, 2.05) is 0 Å². The normalized spacial score (nSPS) is 49.2. The van der Waals surface area contributed by atoms with Gasteiger partial charge in [-0.1, -0.05) is 0 Å². The molecule has 0 aliphatic carbocycles. The molecule has 90 valence electrons. The number of alkyl halides is 6. The second kappa shape index (κ2) is 6.87. The fourth-order valence-electron chi connectivity index (χ4n) is 1.24. The third kappa shape index (κ3) is 4.05. The zero-order chi connectivity index (χ0) is 11.6. The van der Waals surface area contributed by atoms with Crippen LogP contribution in [0.3, 0.4) is 0 Å². The minimum absolute atomic E-state index is 0.200. The molecule has 1 fully saturated rings. The third-order valence-corrected chi connectivity index (χ3v) is 7.38. The SMILES string of the molecule is ClC1CCSC(Cl)C(Cl)C(Cl)C(Cl)C1Cl. The van der Waals surface area contributed by atoms with Crippen molar-refractivity contribution in [3.63, 3.8) is 0 Å². The van der Waals surface area contributed by atoms with Crippen LogP contribution in [0.15, 0.2) is 0 Å². The van der Waals surface area contributed by atoms with Crippen LogP contribution in [-0.4, -0.2) is 37.3 Å².